The molecule has 0 saturated carbocycles. The molecule has 13 heavy (non-hydrogen) atoms. The molecule has 0 aromatic rings. The lowest BCUT2D eigenvalue weighted by atomic mass is 10.2. The Morgan fingerprint density at radius 1 is 1.00 bits per heavy atom. The zero-order valence-electron chi connectivity index (χ0n) is 8.97. The van der Waals surface area contributed by atoms with E-state index >= 15 is 0 Å². The largest absolute Gasteiger partial charge is 0.466 e. The van der Waals surface area contributed by atoms with Gasteiger partial charge in [-0.05, 0) is 12.8 Å². The molecule has 0 aromatic carbocycles. The number of unbranched alkanes of at least 4 members (excludes halogenated alkanes) is 4. The first-order valence-electron chi connectivity index (χ1n) is 5.46. The lowest BCUT2D eigenvalue weighted by Gasteiger charge is -2.03. The number of carbonyl (C=O) groups excluding carboxylic acids is 1. The summed E-state index contributed by atoms with van der Waals surface area (Å²) in [4.78, 5) is 10.9. The van der Waals surface area contributed by atoms with Crippen LogP contribution in [0.15, 0.2) is 0 Å². The molecule has 0 heterocycles. The van der Waals surface area contributed by atoms with Gasteiger partial charge in [-0.2, -0.15) is 0 Å². The predicted molar refractivity (Wildman–Crippen MR) is 54.6 cm³/mol. The predicted octanol–water partition coefficient (Wildman–Crippen LogP) is 3.30. The second-order valence-electron chi connectivity index (χ2n) is 3.38. The summed E-state index contributed by atoms with van der Waals surface area (Å²) in [6.07, 6.45) is 7.48. The second-order valence-corrected chi connectivity index (χ2v) is 3.38. The second kappa shape index (κ2) is 9.56. The minimum absolute atomic E-state index is 0.0435. The third-order valence-electron chi connectivity index (χ3n) is 1.97. The van der Waals surface area contributed by atoms with Gasteiger partial charge in [0.15, 0.2) is 0 Å². The van der Waals surface area contributed by atoms with E-state index in [9.17, 15) is 4.79 Å². The molecular weight excluding hydrogens is 164 g/mol. The van der Waals surface area contributed by atoms with E-state index in [1.54, 1.807) is 0 Å². The number of rotatable bonds is 8. The van der Waals surface area contributed by atoms with Crippen molar-refractivity contribution in [1.82, 2.24) is 0 Å². The molecule has 0 spiro atoms. The van der Waals surface area contributed by atoms with Crippen molar-refractivity contribution in [2.24, 2.45) is 0 Å². The summed E-state index contributed by atoms with van der Waals surface area (Å²) < 4.78 is 5.02. The fourth-order valence-corrected chi connectivity index (χ4v) is 1.17. The third-order valence-corrected chi connectivity index (χ3v) is 1.97. The molecule has 0 atom stereocenters. The van der Waals surface area contributed by atoms with Crippen molar-refractivity contribution in [2.45, 2.75) is 58.8 Å². The van der Waals surface area contributed by atoms with Crippen LogP contribution in [-0.4, -0.2) is 12.6 Å². The summed E-state index contributed by atoms with van der Waals surface area (Å²) in [7, 11) is 0. The monoisotopic (exact) mass is 186 g/mol. The zero-order chi connectivity index (χ0) is 9.94. The van der Waals surface area contributed by atoms with E-state index in [1.165, 1.54) is 25.7 Å². The van der Waals surface area contributed by atoms with E-state index in [2.05, 4.69) is 6.92 Å². The Kier molecular flexibility index (Phi) is 9.17. The molecule has 0 aliphatic rings. The van der Waals surface area contributed by atoms with Gasteiger partial charge in [0.25, 0.3) is 0 Å². The molecule has 0 aliphatic carbocycles. The van der Waals surface area contributed by atoms with Crippen LogP contribution in [0.5, 0.6) is 0 Å². The summed E-state index contributed by atoms with van der Waals surface area (Å²) in [6, 6.07) is 0. The van der Waals surface area contributed by atoms with Crippen molar-refractivity contribution in [3.05, 3.63) is 0 Å². The van der Waals surface area contributed by atoms with Crippen LogP contribution in [0, 0.1) is 0 Å². The molecule has 0 unspecified atom stereocenters. The van der Waals surface area contributed by atoms with Crippen molar-refractivity contribution in [3.8, 4) is 0 Å². The Bertz CT molecular complexity index is 121. The lowest BCUT2D eigenvalue weighted by molar-refractivity contribution is -0.143. The Hall–Kier alpha value is -0.530. The maximum Gasteiger partial charge on any atom is 0.305 e. The van der Waals surface area contributed by atoms with Gasteiger partial charge < -0.3 is 4.74 Å². The Balaban J connectivity index is 3.02. The zero-order valence-corrected chi connectivity index (χ0v) is 8.97. The molecular formula is C11H22O2. The molecule has 0 fully saturated rings. The van der Waals surface area contributed by atoms with Crippen LogP contribution in [-0.2, 0) is 9.53 Å². The van der Waals surface area contributed by atoms with Crippen molar-refractivity contribution in [1.29, 1.82) is 0 Å². The molecule has 0 saturated heterocycles. The van der Waals surface area contributed by atoms with Gasteiger partial charge in [-0.3, -0.25) is 4.79 Å². The minimum atomic E-state index is -0.0435. The van der Waals surface area contributed by atoms with Gasteiger partial charge in [0.1, 0.15) is 0 Å². The highest BCUT2D eigenvalue weighted by Crippen LogP contribution is 2.02. The number of carbonyl (C=O) groups is 1. The fraction of sp³-hybridized carbons (Fsp3) is 0.909. The first-order valence-corrected chi connectivity index (χ1v) is 5.46. The van der Waals surface area contributed by atoms with Gasteiger partial charge in [-0.15, -0.1) is 0 Å². The average molecular weight is 186 g/mol. The smallest absolute Gasteiger partial charge is 0.305 e. The number of hydrogen-bond donors (Lipinski definition) is 0. The Morgan fingerprint density at radius 3 is 2.31 bits per heavy atom. The van der Waals surface area contributed by atoms with Crippen LogP contribution in [0.1, 0.15) is 58.8 Å². The number of hydrogen-bond acceptors (Lipinski definition) is 2. The molecule has 0 bridgehead atoms. The number of esters is 1. The van der Waals surface area contributed by atoms with E-state index in [-0.39, 0.29) is 5.97 Å². The molecule has 0 amide bonds. The van der Waals surface area contributed by atoms with E-state index < -0.39 is 0 Å². The van der Waals surface area contributed by atoms with Gasteiger partial charge in [0, 0.05) is 6.42 Å². The third kappa shape index (κ3) is 9.38. The van der Waals surface area contributed by atoms with Crippen molar-refractivity contribution in [2.75, 3.05) is 6.61 Å². The minimum Gasteiger partial charge on any atom is -0.466 e. The summed E-state index contributed by atoms with van der Waals surface area (Å²) in [5.41, 5.74) is 0. The van der Waals surface area contributed by atoms with Crippen LogP contribution >= 0.6 is 0 Å². The van der Waals surface area contributed by atoms with Crippen LogP contribution in [0.3, 0.4) is 0 Å². The van der Waals surface area contributed by atoms with Crippen LogP contribution < -0.4 is 0 Å². The summed E-state index contributed by atoms with van der Waals surface area (Å²) in [5.74, 6) is -0.0435. The van der Waals surface area contributed by atoms with E-state index in [1.807, 2.05) is 6.92 Å². The van der Waals surface area contributed by atoms with Gasteiger partial charge in [-0.25, -0.2) is 0 Å². The van der Waals surface area contributed by atoms with Crippen LogP contribution in [0.4, 0.5) is 0 Å². The molecule has 2 nitrogen and oxygen atoms in total. The molecule has 0 rings (SSSR count). The van der Waals surface area contributed by atoms with Crippen LogP contribution in [0.2, 0.25) is 0 Å². The van der Waals surface area contributed by atoms with Crippen molar-refractivity contribution < 1.29 is 9.53 Å². The fourth-order valence-electron chi connectivity index (χ4n) is 1.17. The highest BCUT2D eigenvalue weighted by molar-refractivity contribution is 5.69. The Morgan fingerprint density at radius 2 is 1.69 bits per heavy atom. The SMILES string of the molecule is CCCCCCCOC(=O)CCC. The highest BCUT2D eigenvalue weighted by Gasteiger charge is 1.98. The maximum absolute atomic E-state index is 10.9. The van der Waals surface area contributed by atoms with Crippen LogP contribution in [0.25, 0.3) is 0 Å². The molecule has 0 aromatic heterocycles. The van der Waals surface area contributed by atoms with Crippen molar-refractivity contribution >= 4 is 5.97 Å². The molecule has 0 radical (unpaired) electrons. The maximum atomic E-state index is 10.9. The van der Waals surface area contributed by atoms with Crippen molar-refractivity contribution in [3.63, 3.8) is 0 Å². The first kappa shape index (κ1) is 12.5. The number of ether oxygens (including phenoxy) is 1. The molecule has 2 heteroatoms. The lowest BCUT2D eigenvalue weighted by Crippen LogP contribution is -2.04. The summed E-state index contributed by atoms with van der Waals surface area (Å²) in [6.45, 7) is 4.80. The standard InChI is InChI=1S/C11H22O2/c1-3-5-6-7-8-10-13-11(12)9-4-2/h3-10H2,1-2H3. The molecule has 0 aliphatic heterocycles. The Labute approximate surface area is 81.7 Å². The van der Waals surface area contributed by atoms with Gasteiger partial charge >= 0.3 is 5.97 Å². The van der Waals surface area contributed by atoms with Gasteiger partial charge in [-0.1, -0.05) is 39.5 Å². The summed E-state index contributed by atoms with van der Waals surface area (Å²) >= 11 is 0. The summed E-state index contributed by atoms with van der Waals surface area (Å²) in [5, 5.41) is 0. The van der Waals surface area contributed by atoms with Gasteiger partial charge in [0.2, 0.25) is 0 Å². The first-order chi connectivity index (χ1) is 6.31. The molecule has 0 N–H and O–H groups in total. The quantitative estimate of drug-likeness (QED) is 0.429. The highest BCUT2D eigenvalue weighted by atomic mass is 16.5. The average Bonchev–Trinajstić information content (AvgIpc) is 2.11. The van der Waals surface area contributed by atoms with E-state index in [0.717, 1.165) is 12.8 Å². The van der Waals surface area contributed by atoms with E-state index in [4.69, 9.17) is 4.74 Å². The topological polar surface area (TPSA) is 26.3 Å². The molecule has 78 valence electrons. The normalized spacial score (nSPS) is 10.0. The van der Waals surface area contributed by atoms with Gasteiger partial charge in [0.05, 0.1) is 6.61 Å². The van der Waals surface area contributed by atoms with E-state index in [0.29, 0.717) is 13.0 Å².